The highest BCUT2D eigenvalue weighted by atomic mass is 35.5. The summed E-state index contributed by atoms with van der Waals surface area (Å²) >= 11 is 6.14. The molecule has 7 nitrogen and oxygen atoms in total. The fourth-order valence-electron chi connectivity index (χ4n) is 3.33. The lowest BCUT2D eigenvalue weighted by atomic mass is 10.1. The van der Waals surface area contributed by atoms with E-state index in [4.69, 9.17) is 16.3 Å². The van der Waals surface area contributed by atoms with Crippen LogP contribution in [0.4, 0.5) is 27.8 Å². The van der Waals surface area contributed by atoms with Crippen LogP contribution in [0.5, 0.6) is 5.75 Å². The van der Waals surface area contributed by atoms with E-state index in [0.29, 0.717) is 10.8 Å². The first-order chi connectivity index (χ1) is 17.0. The lowest BCUT2D eigenvalue weighted by Crippen LogP contribution is -2.15. The van der Waals surface area contributed by atoms with Crippen LogP contribution in [0.25, 0.3) is 0 Å². The van der Waals surface area contributed by atoms with Gasteiger partial charge in [-0.2, -0.15) is 10.2 Å². The Balaban J connectivity index is 1.40. The summed E-state index contributed by atoms with van der Waals surface area (Å²) in [6.07, 6.45) is 2.72. The van der Waals surface area contributed by atoms with Crippen LogP contribution in [0, 0.1) is 42.9 Å². The number of aromatic nitrogens is 4. The first kappa shape index (κ1) is 25.2. The lowest BCUT2D eigenvalue weighted by Gasteiger charge is -2.10. The van der Waals surface area contributed by atoms with Crippen molar-refractivity contribution in [3.05, 3.63) is 93.2 Å². The van der Waals surface area contributed by atoms with Gasteiger partial charge < -0.3 is 10.1 Å². The van der Waals surface area contributed by atoms with Gasteiger partial charge in [-0.25, -0.2) is 26.6 Å². The van der Waals surface area contributed by atoms with Gasteiger partial charge in [0.1, 0.15) is 5.75 Å². The summed E-state index contributed by atoms with van der Waals surface area (Å²) < 4.78 is 75.8. The Labute approximate surface area is 206 Å². The van der Waals surface area contributed by atoms with Crippen molar-refractivity contribution in [3.63, 3.8) is 0 Å². The van der Waals surface area contributed by atoms with E-state index in [-0.39, 0.29) is 18.2 Å². The Morgan fingerprint density at radius 2 is 1.50 bits per heavy atom. The number of benzene rings is 2. The number of aryl methyl sites for hydroxylation is 2. The molecule has 0 unspecified atom stereocenters. The number of halogens is 6. The highest BCUT2D eigenvalue weighted by Gasteiger charge is 2.26. The first-order valence-electron chi connectivity index (χ1n) is 10.3. The molecule has 4 aromatic rings. The third kappa shape index (κ3) is 5.03. The number of carbonyl (C=O) groups excluding carboxylic acids is 1. The topological polar surface area (TPSA) is 74.0 Å². The summed E-state index contributed by atoms with van der Waals surface area (Å²) in [5.41, 5.74) is 0.673. The largest absolute Gasteiger partial charge is 0.471 e. The van der Waals surface area contributed by atoms with Crippen LogP contribution in [0.15, 0.2) is 36.7 Å². The SMILES string of the molecule is Cc1cc(OCn2ccc(C(=O)Nc3ccn(Cc4c(F)c(F)c(F)c(F)c4F)n3)n2)cc(C)c1Cl. The number of rotatable bonds is 7. The van der Waals surface area contributed by atoms with Gasteiger partial charge in [-0.3, -0.25) is 9.48 Å². The van der Waals surface area contributed by atoms with E-state index < -0.39 is 47.1 Å². The standard InChI is InChI=1S/C23H17ClF5N5O2/c1-11-7-13(8-12(2)17(11)24)36-10-34-5-3-15(31-34)23(35)30-16-4-6-33(32-16)9-14-18(25)20(27)22(29)21(28)19(14)26/h3-8H,9-10H2,1-2H3,(H,30,32,35). The molecule has 188 valence electrons. The maximum absolute atomic E-state index is 13.9. The molecule has 2 heterocycles. The van der Waals surface area contributed by atoms with Crippen LogP contribution in [-0.2, 0) is 13.3 Å². The molecule has 0 radical (unpaired) electrons. The summed E-state index contributed by atoms with van der Waals surface area (Å²) in [4.78, 5) is 12.5. The van der Waals surface area contributed by atoms with E-state index in [1.807, 2.05) is 13.8 Å². The predicted molar refractivity (Wildman–Crippen MR) is 119 cm³/mol. The molecule has 2 aromatic carbocycles. The van der Waals surface area contributed by atoms with E-state index in [0.717, 1.165) is 15.8 Å². The van der Waals surface area contributed by atoms with Crippen molar-refractivity contribution in [1.82, 2.24) is 19.6 Å². The summed E-state index contributed by atoms with van der Waals surface area (Å²) in [6.45, 7) is 2.97. The zero-order chi connectivity index (χ0) is 26.1. The third-order valence-electron chi connectivity index (χ3n) is 5.15. The van der Waals surface area contributed by atoms with Crippen LogP contribution in [0.1, 0.15) is 27.2 Å². The van der Waals surface area contributed by atoms with Gasteiger partial charge in [-0.15, -0.1) is 0 Å². The third-order valence-corrected chi connectivity index (χ3v) is 5.75. The van der Waals surface area contributed by atoms with Gasteiger partial charge in [-0.1, -0.05) is 11.6 Å². The van der Waals surface area contributed by atoms with Crippen molar-refractivity contribution in [2.45, 2.75) is 27.1 Å². The van der Waals surface area contributed by atoms with Crippen molar-refractivity contribution in [3.8, 4) is 5.75 Å². The molecular formula is C23H17ClF5N5O2. The molecule has 0 aliphatic carbocycles. The fraction of sp³-hybridized carbons (Fsp3) is 0.174. The highest BCUT2D eigenvalue weighted by Crippen LogP contribution is 2.26. The van der Waals surface area contributed by atoms with Gasteiger partial charge in [0.2, 0.25) is 5.82 Å². The second-order valence-electron chi connectivity index (χ2n) is 7.79. The minimum absolute atomic E-state index is 0.0182. The monoisotopic (exact) mass is 525 g/mol. The van der Waals surface area contributed by atoms with Crippen LogP contribution < -0.4 is 10.1 Å². The molecule has 1 amide bonds. The highest BCUT2D eigenvalue weighted by molar-refractivity contribution is 6.32. The number of ether oxygens (including phenoxy) is 1. The maximum Gasteiger partial charge on any atom is 0.277 e. The van der Waals surface area contributed by atoms with Crippen LogP contribution in [0.2, 0.25) is 5.02 Å². The van der Waals surface area contributed by atoms with Gasteiger partial charge in [0.25, 0.3) is 5.91 Å². The van der Waals surface area contributed by atoms with E-state index in [9.17, 15) is 26.7 Å². The number of carbonyl (C=O) groups is 1. The molecule has 0 aliphatic rings. The number of nitrogens with zero attached hydrogens (tertiary/aromatic N) is 4. The Morgan fingerprint density at radius 3 is 2.14 bits per heavy atom. The molecule has 0 aliphatic heterocycles. The first-order valence-corrected chi connectivity index (χ1v) is 10.7. The van der Waals surface area contributed by atoms with Gasteiger partial charge in [0, 0.05) is 23.5 Å². The smallest absolute Gasteiger partial charge is 0.277 e. The van der Waals surface area contributed by atoms with Crippen molar-refractivity contribution in [1.29, 1.82) is 0 Å². The Morgan fingerprint density at radius 1 is 0.917 bits per heavy atom. The summed E-state index contributed by atoms with van der Waals surface area (Å²) in [7, 11) is 0. The summed E-state index contributed by atoms with van der Waals surface area (Å²) in [5.74, 6) is -10.3. The van der Waals surface area contributed by atoms with E-state index in [2.05, 4.69) is 15.5 Å². The quantitative estimate of drug-likeness (QED) is 0.200. The Bertz CT molecular complexity index is 1420. The van der Waals surface area contributed by atoms with Gasteiger partial charge in [0.15, 0.2) is 41.5 Å². The molecule has 1 N–H and O–H groups in total. The number of amides is 1. The normalized spacial score (nSPS) is 11.1. The molecule has 0 bridgehead atoms. The molecule has 13 heteroatoms. The molecule has 36 heavy (non-hydrogen) atoms. The summed E-state index contributed by atoms with van der Waals surface area (Å²) in [5, 5.41) is 11.1. The Hall–Kier alpha value is -3.93. The van der Waals surface area contributed by atoms with Crippen molar-refractivity contribution >= 4 is 23.3 Å². The number of anilines is 1. The summed E-state index contributed by atoms with van der Waals surface area (Å²) in [6, 6.07) is 6.27. The average Bonchev–Trinajstić information content (AvgIpc) is 3.51. The molecule has 2 aromatic heterocycles. The van der Waals surface area contributed by atoms with Gasteiger partial charge in [0.05, 0.1) is 12.1 Å². The van der Waals surface area contributed by atoms with Gasteiger partial charge >= 0.3 is 0 Å². The molecular weight excluding hydrogens is 509 g/mol. The lowest BCUT2D eigenvalue weighted by molar-refractivity contribution is 0.101. The predicted octanol–water partition coefficient (Wildman–Crippen LogP) is 5.38. The maximum atomic E-state index is 13.9. The van der Waals surface area contributed by atoms with E-state index in [1.54, 1.807) is 12.1 Å². The van der Waals surface area contributed by atoms with Crippen LogP contribution >= 0.6 is 11.6 Å². The molecule has 4 rings (SSSR count). The second kappa shape index (κ2) is 9.97. The van der Waals surface area contributed by atoms with Crippen molar-refractivity contribution in [2.75, 3.05) is 5.32 Å². The average molecular weight is 526 g/mol. The zero-order valence-corrected chi connectivity index (χ0v) is 19.5. The molecule has 0 spiro atoms. The van der Waals surface area contributed by atoms with Crippen LogP contribution in [-0.4, -0.2) is 25.5 Å². The van der Waals surface area contributed by atoms with E-state index >= 15 is 0 Å². The van der Waals surface area contributed by atoms with E-state index in [1.165, 1.54) is 29.2 Å². The minimum Gasteiger partial charge on any atom is -0.471 e. The molecule has 0 saturated carbocycles. The fourth-order valence-corrected chi connectivity index (χ4v) is 3.44. The van der Waals surface area contributed by atoms with Gasteiger partial charge in [-0.05, 0) is 43.2 Å². The molecule has 0 atom stereocenters. The number of hydrogen-bond acceptors (Lipinski definition) is 4. The second-order valence-corrected chi connectivity index (χ2v) is 8.16. The Kier molecular flexibility index (Phi) is 6.97. The molecule has 0 fully saturated rings. The molecule has 0 saturated heterocycles. The number of hydrogen-bond donors (Lipinski definition) is 1. The minimum atomic E-state index is -2.25. The van der Waals surface area contributed by atoms with Crippen LogP contribution in [0.3, 0.4) is 0 Å². The van der Waals surface area contributed by atoms with Crippen molar-refractivity contribution in [2.24, 2.45) is 0 Å². The van der Waals surface area contributed by atoms with Crippen molar-refractivity contribution < 1.29 is 31.5 Å². The zero-order valence-electron chi connectivity index (χ0n) is 18.8. The number of nitrogens with one attached hydrogen (secondary N) is 1.